The first kappa shape index (κ1) is 16.1. The molecule has 2 fully saturated rings. The van der Waals surface area contributed by atoms with Gasteiger partial charge in [-0.25, -0.2) is 13.2 Å². The number of nitrogens with one attached hydrogen (secondary N) is 1. The Kier molecular flexibility index (Phi) is 4.00. The zero-order valence-electron chi connectivity index (χ0n) is 13.2. The maximum atomic E-state index is 11.4. The number of piperidine rings is 1. The molecule has 1 heterocycles. The first-order valence-corrected chi connectivity index (χ1v) is 9.76. The average Bonchev–Trinajstić information content (AvgIpc) is 2.45. The van der Waals surface area contributed by atoms with E-state index in [9.17, 15) is 18.3 Å². The van der Waals surface area contributed by atoms with E-state index in [0.29, 0.717) is 12.2 Å². The van der Waals surface area contributed by atoms with Crippen molar-refractivity contribution in [3.05, 3.63) is 29.8 Å². The number of nitrogens with zero attached hydrogens (tertiary/aromatic N) is 1. The summed E-state index contributed by atoms with van der Waals surface area (Å²) in [6.07, 6.45) is 4.85. The van der Waals surface area contributed by atoms with Gasteiger partial charge in [0.2, 0.25) is 10.0 Å². The van der Waals surface area contributed by atoms with Crippen molar-refractivity contribution in [1.82, 2.24) is 4.90 Å². The Labute approximate surface area is 136 Å². The van der Waals surface area contributed by atoms with Crippen molar-refractivity contribution in [3.8, 4) is 0 Å². The Morgan fingerprint density at radius 3 is 2.87 bits per heavy atom. The molecule has 1 saturated heterocycles. The van der Waals surface area contributed by atoms with Crippen LogP contribution in [0.2, 0.25) is 0 Å². The van der Waals surface area contributed by atoms with Gasteiger partial charge in [0.1, 0.15) is 0 Å². The molecule has 23 heavy (non-hydrogen) atoms. The van der Waals surface area contributed by atoms with Gasteiger partial charge in [0.15, 0.2) is 0 Å². The van der Waals surface area contributed by atoms with Crippen molar-refractivity contribution < 1.29 is 18.3 Å². The molecule has 126 valence electrons. The Hall–Kier alpha value is -1.76. The average molecular weight is 338 g/mol. The lowest BCUT2D eigenvalue weighted by atomic mass is 9.63. The quantitative estimate of drug-likeness (QED) is 0.887. The van der Waals surface area contributed by atoms with Gasteiger partial charge in [0, 0.05) is 18.3 Å². The van der Waals surface area contributed by atoms with Crippen molar-refractivity contribution in [2.45, 2.75) is 43.6 Å². The largest absolute Gasteiger partial charge is 0.465 e. The van der Waals surface area contributed by atoms with Crippen LogP contribution in [0.25, 0.3) is 0 Å². The molecule has 1 aromatic carbocycles. The molecule has 0 spiro atoms. The maximum absolute atomic E-state index is 11.4. The first-order valence-electron chi connectivity index (χ1n) is 7.87. The predicted octanol–water partition coefficient (Wildman–Crippen LogP) is 2.62. The number of benzene rings is 1. The number of carboxylic acid groups (broad SMARTS) is 1. The van der Waals surface area contributed by atoms with E-state index >= 15 is 0 Å². The van der Waals surface area contributed by atoms with E-state index in [2.05, 4.69) is 4.72 Å². The van der Waals surface area contributed by atoms with Crippen molar-refractivity contribution in [2.24, 2.45) is 0 Å². The highest BCUT2D eigenvalue weighted by atomic mass is 32.2. The summed E-state index contributed by atoms with van der Waals surface area (Å²) in [4.78, 5) is 12.9. The second-order valence-corrected chi connectivity index (χ2v) is 8.46. The third-order valence-electron chi connectivity index (χ3n) is 5.11. The number of fused-ring (bicyclic) bond motifs is 2. The molecule has 3 rings (SSSR count). The van der Waals surface area contributed by atoms with Gasteiger partial charge in [-0.3, -0.25) is 4.72 Å². The van der Waals surface area contributed by atoms with Crippen LogP contribution in [0.1, 0.15) is 37.7 Å². The molecule has 1 aliphatic heterocycles. The minimum atomic E-state index is -3.30. The van der Waals surface area contributed by atoms with E-state index < -0.39 is 16.1 Å². The van der Waals surface area contributed by atoms with Gasteiger partial charge < -0.3 is 10.0 Å². The standard InChI is InChI=1S/C16H22N2O4S/c1-23(21,22)17-13-5-2-4-12(10-13)16-7-3-6-14(11-16)18(9-8-16)15(19)20/h2,4-5,10,14,17H,3,6-9,11H2,1H3,(H,19,20). The van der Waals surface area contributed by atoms with E-state index in [1.54, 1.807) is 11.0 Å². The summed E-state index contributed by atoms with van der Waals surface area (Å²) in [7, 11) is -3.30. The van der Waals surface area contributed by atoms with E-state index in [4.69, 9.17) is 0 Å². The molecular formula is C16H22N2O4S. The van der Waals surface area contributed by atoms with Crippen LogP contribution >= 0.6 is 0 Å². The van der Waals surface area contributed by atoms with Gasteiger partial charge in [-0.15, -0.1) is 0 Å². The van der Waals surface area contributed by atoms with Crippen LogP contribution in [-0.4, -0.2) is 43.4 Å². The summed E-state index contributed by atoms with van der Waals surface area (Å²) >= 11 is 0. The van der Waals surface area contributed by atoms with E-state index in [0.717, 1.165) is 43.9 Å². The molecule has 1 amide bonds. The van der Waals surface area contributed by atoms with Crippen molar-refractivity contribution >= 4 is 21.8 Å². The number of amides is 1. The number of anilines is 1. The van der Waals surface area contributed by atoms with E-state index in [1.807, 2.05) is 18.2 Å². The van der Waals surface area contributed by atoms with Crippen molar-refractivity contribution in [2.75, 3.05) is 17.5 Å². The second-order valence-electron chi connectivity index (χ2n) is 6.71. The molecule has 0 radical (unpaired) electrons. The summed E-state index contributed by atoms with van der Waals surface area (Å²) in [6, 6.07) is 7.62. The lowest BCUT2D eigenvalue weighted by molar-refractivity contribution is 0.0510. The number of likely N-dealkylation sites (tertiary alicyclic amines) is 1. The lowest BCUT2D eigenvalue weighted by Crippen LogP contribution is -2.53. The van der Waals surface area contributed by atoms with Gasteiger partial charge in [-0.1, -0.05) is 18.6 Å². The smallest absolute Gasteiger partial charge is 0.407 e. The molecule has 2 aliphatic rings. The SMILES string of the molecule is CS(=O)(=O)Nc1cccc(C23CCCC(C2)N(C(=O)O)CC3)c1. The molecular weight excluding hydrogens is 316 g/mol. The Morgan fingerprint density at radius 1 is 1.39 bits per heavy atom. The molecule has 1 aromatic rings. The van der Waals surface area contributed by atoms with Crippen LogP contribution < -0.4 is 4.72 Å². The number of hydrogen-bond acceptors (Lipinski definition) is 3. The Morgan fingerprint density at radius 2 is 2.17 bits per heavy atom. The fourth-order valence-corrected chi connectivity index (χ4v) is 4.68. The summed E-state index contributed by atoms with van der Waals surface area (Å²) in [5.74, 6) is 0. The topological polar surface area (TPSA) is 86.7 Å². The summed E-state index contributed by atoms with van der Waals surface area (Å²) in [5.41, 5.74) is 1.65. The summed E-state index contributed by atoms with van der Waals surface area (Å²) in [5, 5.41) is 9.33. The van der Waals surface area contributed by atoms with Crippen LogP contribution in [0.15, 0.2) is 24.3 Å². The second kappa shape index (κ2) is 5.70. The summed E-state index contributed by atoms with van der Waals surface area (Å²) < 4.78 is 25.4. The maximum Gasteiger partial charge on any atom is 0.407 e. The van der Waals surface area contributed by atoms with Crippen LogP contribution in [-0.2, 0) is 15.4 Å². The van der Waals surface area contributed by atoms with Crippen LogP contribution in [0.3, 0.4) is 0 Å². The van der Waals surface area contributed by atoms with Gasteiger partial charge in [-0.2, -0.15) is 0 Å². The van der Waals surface area contributed by atoms with Gasteiger partial charge in [-0.05, 0) is 48.8 Å². The number of rotatable bonds is 3. The molecule has 6 nitrogen and oxygen atoms in total. The highest BCUT2D eigenvalue weighted by Gasteiger charge is 2.45. The van der Waals surface area contributed by atoms with Crippen LogP contribution in [0.5, 0.6) is 0 Å². The fraction of sp³-hybridized carbons (Fsp3) is 0.562. The van der Waals surface area contributed by atoms with Gasteiger partial charge in [0.25, 0.3) is 0 Å². The monoisotopic (exact) mass is 338 g/mol. The fourth-order valence-electron chi connectivity index (χ4n) is 4.13. The highest BCUT2D eigenvalue weighted by molar-refractivity contribution is 7.92. The molecule has 1 saturated carbocycles. The first-order chi connectivity index (χ1) is 10.8. The molecule has 0 aromatic heterocycles. The molecule has 1 aliphatic carbocycles. The lowest BCUT2D eigenvalue weighted by Gasteiger charge is -2.50. The Bertz CT molecular complexity index is 719. The number of sulfonamides is 1. The molecule has 2 atom stereocenters. The van der Waals surface area contributed by atoms with Gasteiger partial charge >= 0.3 is 6.09 Å². The van der Waals surface area contributed by atoms with Crippen molar-refractivity contribution in [3.63, 3.8) is 0 Å². The molecule has 2 N–H and O–H groups in total. The van der Waals surface area contributed by atoms with Crippen LogP contribution in [0, 0.1) is 0 Å². The molecule has 2 bridgehead atoms. The normalized spacial score (nSPS) is 27.5. The number of carbonyl (C=O) groups is 1. The van der Waals surface area contributed by atoms with E-state index in [-0.39, 0.29) is 11.5 Å². The van der Waals surface area contributed by atoms with E-state index in [1.165, 1.54) is 0 Å². The third kappa shape index (κ3) is 3.29. The highest BCUT2D eigenvalue weighted by Crippen LogP contribution is 2.47. The van der Waals surface area contributed by atoms with Crippen molar-refractivity contribution in [1.29, 1.82) is 0 Å². The summed E-state index contributed by atoms with van der Waals surface area (Å²) in [6.45, 7) is 0.545. The minimum Gasteiger partial charge on any atom is -0.465 e. The molecule has 2 unspecified atom stereocenters. The zero-order valence-corrected chi connectivity index (χ0v) is 14.0. The van der Waals surface area contributed by atoms with Crippen LogP contribution in [0.4, 0.5) is 10.5 Å². The zero-order chi connectivity index (χ0) is 16.7. The molecule has 7 heteroatoms. The minimum absolute atomic E-state index is 0.0376. The predicted molar refractivity (Wildman–Crippen MR) is 88.2 cm³/mol. The Balaban J connectivity index is 1.89. The third-order valence-corrected chi connectivity index (χ3v) is 5.72. The number of hydrogen-bond donors (Lipinski definition) is 2. The van der Waals surface area contributed by atoms with Gasteiger partial charge in [0.05, 0.1) is 6.26 Å².